The maximum atomic E-state index is 12.2. The molecule has 2 N–H and O–H groups in total. The number of carbonyl (C=O) groups excluding carboxylic acids is 1. The van der Waals surface area contributed by atoms with Gasteiger partial charge in [0, 0.05) is 19.1 Å². The molecule has 1 aliphatic rings. The van der Waals surface area contributed by atoms with Gasteiger partial charge in [-0.1, -0.05) is 12.1 Å². The first-order valence-corrected chi connectivity index (χ1v) is 9.60. The number of sulfone groups is 1. The Balaban J connectivity index is 1.79. The Bertz CT molecular complexity index is 643. The molecule has 2 atom stereocenters. The summed E-state index contributed by atoms with van der Waals surface area (Å²) in [5.41, 5.74) is 1.10. The Morgan fingerprint density at radius 1 is 1.39 bits per heavy atom. The fraction of sp³-hybridized carbons (Fsp3) is 0.562. The summed E-state index contributed by atoms with van der Waals surface area (Å²) < 4.78 is 23.0. The van der Waals surface area contributed by atoms with Crippen molar-refractivity contribution in [1.29, 1.82) is 0 Å². The van der Waals surface area contributed by atoms with Crippen molar-refractivity contribution in [3.05, 3.63) is 29.8 Å². The molecule has 128 valence electrons. The zero-order valence-corrected chi connectivity index (χ0v) is 14.3. The van der Waals surface area contributed by atoms with Crippen molar-refractivity contribution in [2.24, 2.45) is 0 Å². The fourth-order valence-electron chi connectivity index (χ4n) is 2.68. The summed E-state index contributed by atoms with van der Waals surface area (Å²) >= 11 is 0. The first-order valence-electron chi connectivity index (χ1n) is 7.78. The van der Waals surface area contributed by atoms with Gasteiger partial charge < -0.3 is 15.3 Å². The molecule has 0 saturated carbocycles. The summed E-state index contributed by atoms with van der Waals surface area (Å²) in [6.45, 7) is 1.93. The topological polar surface area (TPSA) is 86.7 Å². The van der Waals surface area contributed by atoms with Crippen molar-refractivity contribution in [3.8, 4) is 5.75 Å². The molecule has 6 nitrogen and oxygen atoms in total. The first kappa shape index (κ1) is 17.6. The molecule has 0 aliphatic carbocycles. The fourth-order valence-corrected chi connectivity index (χ4v) is 4.45. The summed E-state index contributed by atoms with van der Waals surface area (Å²) in [5.74, 6) is 0.452. The van der Waals surface area contributed by atoms with E-state index in [1.807, 2.05) is 19.1 Å². The molecule has 1 fully saturated rings. The number of benzene rings is 1. The number of aromatic hydroxyl groups is 1. The predicted octanol–water partition coefficient (Wildman–Crippen LogP) is 1.54. The number of urea groups is 1. The van der Waals surface area contributed by atoms with Crippen molar-refractivity contribution in [2.45, 2.75) is 38.3 Å². The van der Waals surface area contributed by atoms with Gasteiger partial charge in [-0.2, -0.15) is 0 Å². The van der Waals surface area contributed by atoms with E-state index >= 15 is 0 Å². The van der Waals surface area contributed by atoms with Crippen LogP contribution in [0.25, 0.3) is 0 Å². The van der Waals surface area contributed by atoms with Gasteiger partial charge in [0.05, 0.1) is 11.5 Å². The molecule has 0 aromatic heterocycles. The van der Waals surface area contributed by atoms with Gasteiger partial charge in [-0.05, 0) is 43.9 Å². The zero-order chi connectivity index (χ0) is 17.0. The molecule has 2 rings (SSSR count). The van der Waals surface area contributed by atoms with Gasteiger partial charge in [0.2, 0.25) is 0 Å². The SMILES string of the molecule is C[C@H](CCc1ccc(O)cc1)NC(=O)N(C)[C@@H]1CCS(=O)(=O)C1. The molecule has 1 saturated heterocycles. The number of aryl methyl sites for hydroxylation is 1. The number of nitrogens with zero attached hydrogens (tertiary/aromatic N) is 1. The van der Waals surface area contributed by atoms with Gasteiger partial charge in [0.25, 0.3) is 0 Å². The quantitative estimate of drug-likeness (QED) is 0.851. The molecule has 0 unspecified atom stereocenters. The van der Waals surface area contributed by atoms with Gasteiger partial charge in [-0.15, -0.1) is 0 Å². The number of nitrogens with one attached hydrogen (secondary N) is 1. The molecule has 1 heterocycles. The third-order valence-electron chi connectivity index (χ3n) is 4.25. The van der Waals surface area contributed by atoms with Crippen LogP contribution in [0.15, 0.2) is 24.3 Å². The summed E-state index contributed by atoms with van der Waals surface area (Å²) in [6.07, 6.45) is 2.07. The van der Waals surface area contributed by atoms with E-state index in [1.165, 1.54) is 4.90 Å². The Morgan fingerprint density at radius 3 is 2.61 bits per heavy atom. The Morgan fingerprint density at radius 2 is 2.04 bits per heavy atom. The maximum Gasteiger partial charge on any atom is 0.317 e. The van der Waals surface area contributed by atoms with Crippen LogP contribution in [0.2, 0.25) is 0 Å². The Hall–Kier alpha value is -1.76. The molecule has 1 aromatic carbocycles. The van der Waals surface area contributed by atoms with Crippen LogP contribution >= 0.6 is 0 Å². The lowest BCUT2D eigenvalue weighted by Crippen LogP contribution is -2.47. The summed E-state index contributed by atoms with van der Waals surface area (Å²) in [7, 11) is -1.35. The standard InChI is InChI=1S/C16H24N2O4S/c1-12(3-4-13-5-7-15(19)8-6-13)17-16(20)18(2)14-9-10-23(21,22)11-14/h5-8,12,14,19H,3-4,9-11H2,1-2H3,(H,17,20)/t12-,14-/m1/s1. The molecule has 0 bridgehead atoms. The average Bonchev–Trinajstić information content (AvgIpc) is 2.86. The summed E-state index contributed by atoms with van der Waals surface area (Å²) in [6, 6.07) is 6.53. The lowest BCUT2D eigenvalue weighted by atomic mass is 10.1. The van der Waals surface area contributed by atoms with Crippen molar-refractivity contribution in [3.63, 3.8) is 0 Å². The van der Waals surface area contributed by atoms with Gasteiger partial charge >= 0.3 is 6.03 Å². The van der Waals surface area contributed by atoms with E-state index in [-0.39, 0.29) is 35.4 Å². The van der Waals surface area contributed by atoms with Crippen LogP contribution in [-0.2, 0) is 16.3 Å². The molecule has 7 heteroatoms. The highest BCUT2D eigenvalue weighted by molar-refractivity contribution is 7.91. The van der Waals surface area contributed by atoms with Crippen molar-refractivity contribution in [2.75, 3.05) is 18.6 Å². The number of rotatable bonds is 5. The van der Waals surface area contributed by atoms with Crippen LogP contribution in [0.3, 0.4) is 0 Å². The highest BCUT2D eigenvalue weighted by atomic mass is 32.2. The minimum atomic E-state index is -2.99. The third kappa shape index (κ3) is 5.13. The van der Waals surface area contributed by atoms with E-state index in [2.05, 4.69) is 5.32 Å². The Labute approximate surface area is 137 Å². The van der Waals surface area contributed by atoms with E-state index in [4.69, 9.17) is 0 Å². The minimum absolute atomic E-state index is 0.0169. The summed E-state index contributed by atoms with van der Waals surface area (Å²) in [5, 5.41) is 12.2. The second kappa shape index (κ2) is 7.21. The molecule has 0 radical (unpaired) electrons. The van der Waals surface area contributed by atoms with Crippen LogP contribution in [-0.4, -0.2) is 55.1 Å². The number of carbonyl (C=O) groups is 1. The van der Waals surface area contributed by atoms with Crippen LogP contribution in [0.4, 0.5) is 4.79 Å². The highest BCUT2D eigenvalue weighted by Gasteiger charge is 2.32. The van der Waals surface area contributed by atoms with E-state index < -0.39 is 9.84 Å². The molecule has 0 spiro atoms. The number of phenolic OH excluding ortho intramolecular Hbond substituents is 1. The second-order valence-electron chi connectivity index (χ2n) is 6.22. The number of hydrogen-bond acceptors (Lipinski definition) is 4. The molecule has 23 heavy (non-hydrogen) atoms. The van der Waals surface area contributed by atoms with Crippen LogP contribution in [0.1, 0.15) is 25.3 Å². The van der Waals surface area contributed by atoms with Crippen molar-refractivity contribution >= 4 is 15.9 Å². The smallest absolute Gasteiger partial charge is 0.317 e. The summed E-state index contributed by atoms with van der Waals surface area (Å²) in [4.78, 5) is 13.7. The van der Waals surface area contributed by atoms with E-state index in [0.717, 1.165) is 18.4 Å². The molecular weight excluding hydrogens is 316 g/mol. The van der Waals surface area contributed by atoms with Crippen LogP contribution < -0.4 is 5.32 Å². The van der Waals surface area contributed by atoms with Crippen molar-refractivity contribution < 1.29 is 18.3 Å². The van der Waals surface area contributed by atoms with Gasteiger partial charge in [0.15, 0.2) is 9.84 Å². The number of amides is 2. The average molecular weight is 340 g/mol. The normalized spacial score (nSPS) is 20.9. The molecular formula is C16H24N2O4S. The van der Waals surface area contributed by atoms with E-state index in [9.17, 15) is 18.3 Å². The number of hydrogen-bond donors (Lipinski definition) is 2. The van der Waals surface area contributed by atoms with Crippen molar-refractivity contribution in [1.82, 2.24) is 10.2 Å². The van der Waals surface area contributed by atoms with Crippen LogP contribution in [0, 0.1) is 0 Å². The monoisotopic (exact) mass is 340 g/mol. The lowest BCUT2D eigenvalue weighted by molar-refractivity contribution is 0.191. The van der Waals surface area contributed by atoms with Gasteiger partial charge in [-0.3, -0.25) is 0 Å². The number of phenols is 1. The third-order valence-corrected chi connectivity index (χ3v) is 6.00. The molecule has 1 aliphatic heterocycles. The maximum absolute atomic E-state index is 12.2. The highest BCUT2D eigenvalue weighted by Crippen LogP contribution is 2.17. The zero-order valence-electron chi connectivity index (χ0n) is 13.5. The lowest BCUT2D eigenvalue weighted by Gasteiger charge is -2.26. The van der Waals surface area contributed by atoms with Gasteiger partial charge in [-0.25, -0.2) is 13.2 Å². The predicted molar refractivity (Wildman–Crippen MR) is 89.2 cm³/mol. The molecule has 2 amide bonds. The van der Waals surface area contributed by atoms with E-state index in [0.29, 0.717) is 6.42 Å². The Kier molecular flexibility index (Phi) is 5.51. The molecule has 1 aromatic rings. The van der Waals surface area contributed by atoms with E-state index in [1.54, 1.807) is 19.2 Å². The minimum Gasteiger partial charge on any atom is -0.508 e. The van der Waals surface area contributed by atoms with Crippen LogP contribution in [0.5, 0.6) is 5.75 Å². The van der Waals surface area contributed by atoms with Gasteiger partial charge in [0.1, 0.15) is 5.75 Å². The largest absolute Gasteiger partial charge is 0.508 e. The second-order valence-corrected chi connectivity index (χ2v) is 8.45. The first-order chi connectivity index (χ1) is 10.8.